The van der Waals surface area contributed by atoms with Crippen molar-refractivity contribution in [1.82, 2.24) is 0 Å². The standard InChI is InChI=1S/C53H84I2O9/c1-5-39(54)41(56)63-43(3)31-45(50(59)19-7-8-20-50)17-15-18-46(32-43,35-45)53(25-13-14-26-53)62-38-16-27-49(58,30-38)37-28-47(51(60)21-9-10-22-51)33-44(4,64-42(57)40(55)6-2)34-48(29-37,36-47)52(61)23-11-12-24-52/h37-40,58-61H,5-36H2,1-4H3. The second-order valence-corrected chi connectivity index (χ2v) is 28.1. The third kappa shape index (κ3) is 8.04. The van der Waals surface area contributed by atoms with Gasteiger partial charge < -0.3 is 34.6 Å². The molecule has 9 saturated carbocycles. The van der Waals surface area contributed by atoms with Crippen LogP contribution in [-0.2, 0) is 23.8 Å². The number of carbonyl (C=O) groups is 2. The minimum absolute atomic E-state index is 0.133. The smallest absolute Gasteiger partial charge is 0.319 e. The Labute approximate surface area is 412 Å². The summed E-state index contributed by atoms with van der Waals surface area (Å²) >= 11 is 4.43. The maximum atomic E-state index is 13.7. The van der Waals surface area contributed by atoms with Gasteiger partial charge in [-0.2, -0.15) is 0 Å². The third-order valence-corrected chi connectivity index (χ3v) is 23.8. The Morgan fingerprint density at radius 3 is 1.38 bits per heavy atom. The molecule has 0 spiro atoms. The average molecular weight is 1120 g/mol. The topological polar surface area (TPSA) is 143 Å². The summed E-state index contributed by atoms with van der Waals surface area (Å²) in [7, 11) is 0. The van der Waals surface area contributed by atoms with Crippen molar-refractivity contribution in [3.8, 4) is 0 Å². The van der Waals surface area contributed by atoms with Crippen LogP contribution < -0.4 is 0 Å². The van der Waals surface area contributed by atoms with Crippen molar-refractivity contribution < 1.29 is 44.2 Å². The Kier molecular flexibility index (Phi) is 13.2. The molecule has 0 heterocycles. The fourth-order valence-electron chi connectivity index (χ4n) is 18.6. The summed E-state index contributed by atoms with van der Waals surface area (Å²) in [5.41, 5.74) is -7.46. The van der Waals surface area contributed by atoms with E-state index in [9.17, 15) is 30.0 Å². The van der Waals surface area contributed by atoms with Crippen molar-refractivity contribution in [2.24, 2.45) is 27.6 Å². The summed E-state index contributed by atoms with van der Waals surface area (Å²) in [5, 5.41) is 52.1. The molecule has 0 radical (unpaired) electrons. The fourth-order valence-corrected chi connectivity index (χ4v) is 18.8. The molecule has 9 aliphatic rings. The second-order valence-electron chi connectivity index (χ2n) is 25.1. The molecule has 9 aliphatic carbocycles. The lowest BCUT2D eigenvalue weighted by Gasteiger charge is -2.68. The lowest BCUT2D eigenvalue weighted by atomic mass is 9.40. The number of aliphatic hydroxyl groups is 4. The van der Waals surface area contributed by atoms with Crippen molar-refractivity contribution in [3.63, 3.8) is 0 Å². The van der Waals surface area contributed by atoms with Crippen molar-refractivity contribution in [1.29, 1.82) is 0 Å². The number of alkyl halides is 2. The van der Waals surface area contributed by atoms with Crippen molar-refractivity contribution >= 4 is 57.1 Å². The highest BCUT2D eigenvalue weighted by Crippen LogP contribution is 2.74. The van der Waals surface area contributed by atoms with Crippen LogP contribution in [0.4, 0.5) is 0 Å². The minimum atomic E-state index is -1.02. The predicted octanol–water partition coefficient (Wildman–Crippen LogP) is 11.5. The number of halogens is 2. The van der Waals surface area contributed by atoms with Gasteiger partial charge in [0.05, 0.1) is 34.1 Å². The summed E-state index contributed by atoms with van der Waals surface area (Å²) in [6.07, 6.45) is 26.1. The zero-order valence-corrected chi connectivity index (χ0v) is 44.3. The Morgan fingerprint density at radius 2 is 0.906 bits per heavy atom. The molecule has 0 saturated heterocycles. The molecule has 9 unspecified atom stereocenters. The Bertz CT molecular complexity index is 1710. The van der Waals surface area contributed by atoms with Gasteiger partial charge in [0, 0.05) is 28.1 Å². The van der Waals surface area contributed by atoms with Crippen LogP contribution in [-0.4, -0.2) is 85.5 Å². The molecule has 0 aromatic heterocycles. The minimum Gasteiger partial charge on any atom is -0.459 e. The lowest BCUT2D eigenvalue weighted by Crippen LogP contribution is -2.68. The number of hydrogen-bond acceptors (Lipinski definition) is 9. The third-order valence-electron chi connectivity index (χ3n) is 21.0. The van der Waals surface area contributed by atoms with Crippen LogP contribution in [0.15, 0.2) is 0 Å². The molecule has 4 N–H and O–H groups in total. The SMILES string of the molecule is CCC(I)C(=O)OC1(C)CC2(C3(O)CCCC3)CC(C3(O)CCC(OC4(C56CCCC(C7(O)CCCC7)(CC(C)(OC(=O)C(I)CC)C5)C6)CCCC4)C3)CC(C3(O)CCCC3)(C1)C2. The van der Waals surface area contributed by atoms with Gasteiger partial charge in [0.2, 0.25) is 0 Å². The summed E-state index contributed by atoms with van der Waals surface area (Å²) in [4.78, 5) is 27.4. The van der Waals surface area contributed by atoms with Gasteiger partial charge in [0.25, 0.3) is 0 Å². The summed E-state index contributed by atoms with van der Waals surface area (Å²) in [6.45, 7) is 8.32. The van der Waals surface area contributed by atoms with E-state index in [2.05, 4.69) is 59.0 Å². The summed E-state index contributed by atoms with van der Waals surface area (Å²) < 4.78 is 20.7. The molecule has 11 heteroatoms. The van der Waals surface area contributed by atoms with E-state index < -0.39 is 50.0 Å². The van der Waals surface area contributed by atoms with Gasteiger partial charge in [-0.3, -0.25) is 9.59 Å². The van der Waals surface area contributed by atoms with Gasteiger partial charge >= 0.3 is 11.9 Å². The van der Waals surface area contributed by atoms with Crippen LogP contribution in [0.25, 0.3) is 0 Å². The molecule has 0 aromatic rings. The van der Waals surface area contributed by atoms with E-state index in [-0.39, 0.29) is 42.6 Å². The number of carbonyl (C=O) groups excluding carboxylic acids is 2. The average Bonchev–Trinajstić information content (AvgIpc) is 4.10. The van der Waals surface area contributed by atoms with E-state index in [4.69, 9.17) is 14.2 Å². The van der Waals surface area contributed by atoms with Crippen molar-refractivity contribution in [2.45, 2.75) is 286 Å². The largest absolute Gasteiger partial charge is 0.459 e. The molecule has 9 fully saturated rings. The van der Waals surface area contributed by atoms with Crippen LogP contribution >= 0.6 is 45.2 Å². The number of hydrogen-bond donors (Lipinski definition) is 4. The summed E-state index contributed by atoms with van der Waals surface area (Å²) in [5.74, 6) is -0.466. The first-order valence-electron chi connectivity index (χ1n) is 26.4. The molecule has 9 atom stereocenters. The van der Waals surface area contributed by atoms with E-state index in [1.165, 1.54) is 0 Å². The fraction of sp³-hybridized carbons (Fsp3) is 0.962. The first-order chi connectivity index (χ1) is 30.1. The van der Waals surface area contributed by atoms with Crippen LogP contribution in [0, 0.1) is 27.6 Å². The maximum Gasteiger partial charge on any atom is 0.319 e. The van der Waals surface area contributed by atoms with Gasteiger partial charge in [-0.1, -0.05) is 117 Å². The number of esters is 2. The Balaban J connectivity index is 1.04. The quantitative estimate of drug-likeness (QED) is 0.0805. The molecule has 4 bridgehead atoms. The highest BCUT2D eigenvalue weighted by Gasteiger charge is 2.73. The molecule has 64 heavy (non-hydrogen) atoms. The molecule has 9 rings (SSSR count). The van der Waals surface area contributed by atoms with Gasteiger partial charge in [-0.25, -0.2) is 0 Å². The Hall–Kier alpha value is 0.200. The summed E-state index contributed by atoms with van der Waals surface area (Å²) in [6, 6.07) is 0. The lowest BCUT2D eigenvalue weighted by molar-refractivity contribution is -0.274. The highest BCUT2D eigenvalue weighted by molar-refractivity contribution is 14.1. The molecular formula is C53H84I2O9. The predicted molar refractivity (Wildman–Crippen MR) is 264 cm³/mol. The zero-order chi connectivity index (χ0) is 45.7. The van der Waals surface area contributed by atoms with Gasteiger partial charge in [0.15, 0.2) is 0 Å². The molecule has 364 valence electrons. The number of fused-ring (bicyclic) bond motifs is 4. The number of ether oxygens (including phenoxy) is 3. The van der Waals surface area contributed by atoms with Gasteiger partial charge in [-0.15, -0.1) is 0 Å². The molecule has 0 aromatic carbocycles. The Morgan fingerprint density at radius 1 is 0.516 bits per heavy atom. The van der Waals surface area contributed by atoms with Crippen molar-refractivity contribution in [3.05, 3.63) is 0 Å². The number of rotatable bonds is 13. The van der Waals surface area contributed by atoms with Crippen LogP contribution in [0.5, 0.6) is 0 Å². The highest BCUT2D eigenvalue weighted by atomic mass is 127. The molecule has 9 nitrogen and oxygen atoms in total. The molecule has 0 aliphatic heterocycles. The van der Waals surface area contributed by atoms with Crippen LogP contribution in [0.3, 0.4) is 0 Å². The van der Waals surface area contributed by atoms with E-state index in [1.54, 1.807) is 0 Å². The van der Waals surface area contributed by atoms with Gasteiger partial charge in [0.1, 0.15) is 19.1 Å². The van der Waals surface area contributed by atoms with Crippen molar-refractivity contribution in [2.75, 3.05) is 0 Å². The van der Waals surface area contributed by atoms with Crippen LogP contribution in [0.1, 0.15) is 233 Å². The van der Waals surface area contributed by atoms with Crippen LogP contribution in [0.2, 0.25) is 0 Å². The van der Waals surface area contributed by atoms with E-state index in [1.807, 2.05) is 13.8 Å². The first-order valence-corrected chi connectivity index (χ1v) is 28.9. The van der Waals surface area contributed by atoms with E-state index >= 15 is 0 Å². The zero-order valence-electron chi connectivity index (χ0n) is 40.0. The van der Waals surface area contributed by atoms with E-state index in [0.717, 1.165) is 122 Å². The monoisotopic (exact) mass is 1120 g/mol. The maximum absolute atomic E-state index is 13.7. The molecule has 0 amide bonds. The first kappa shape index (κ1) is 49.2. The van der Waals surface area contributed by atoms with Gasteiger partial charge in [-0.05, 0) is 161 Å². The molecular weight excluding hydrogens is 1030 g/mol. The van der Waals surface area contributed by atoms with E-state index in [0.29, 0.717) is 83.5 Å². The normalized spacial score (nSPS) is 45.2. The second kappa shape index (κ2) is 17.2.